The molecule has 29 heavy (non-hydrogen) atoms. The summed E-state index contributed by atoms with van der Waals surface area (Å²) in [6.45, 7) is -0.124. The van der Waals surface area contributed by atoms with Gasteiger partial charge in [0.1, 0.15) is 12.3 Å². The molecule has 1 amide bonds. The fraction of sp³-hybridized carbons (Fsp3) is 0.263. The van der Waals surface area contributed by atoms with E-state index in [1.165, 1.54) is 10.9 Å². The predicted octanol–water partition coefficient (Wildman–Crippen LogP) is 1.63. The number of hydrogen-bond acceptors (Lipinski definition) is 8. The fourth-order valence-corrected chi connectivity index (χ4v) is 2.99. The Morgan fingerprint density at radius 3 is 2.93 bits per heavy atom. The van der Waals surface area contributed by atoms with E-state index in [1.54, 1.807) is 24.3 Å². The van der Waals surface area contributed by atoms with Crippen LogP contribution in [0.5, 0.6) is 0 Å². The highest BCUT2D eigenvalue weighted by Gasteiger charge is 2.28. The molecule has 10 nitrogen and oxygen atoms in total. The summed E-state index contributed by atoms with van der Waals surface area (Å²) in [4.78, 5) is 33.1. The molecule has 1 saturated carbocycles. The Bertz CT molecular complexity index is 1250. The van der Waals surface area contributed by atoms with Crippen molar-refractivity contribution < 1.29 is 13.8 Å². The van der Waals surface area contributed by atoms with Gasteiger partial charge in [0.2, 0.25) is 17.6 Å². The first-order valence-corrected chi connectivity index (χ1v) is 9.18. The normalized spacial score (nSPS) is 13.7. The average Bonchev–Trinajstić information content (AvgIpc) is 3.27. The number of fused-ring (bicyclic) bond motifs is 1. The summed E-state index contributed by atoms with van der Waals surface area (Å²) in [6, 6.07) is 8.79. The number of aromatic nitrogens is 5. The lowest BCUT2D eigenvalue weighted by atomic mass is 10.2. The Morgan fingerprint density at radius 2 is 2.07 bits per heavy atom. The molecule has 0 radical (unpaired) electrons. The van der Waals surface area contributed by atoms with Crippen LogP contribution >= 0.6 is 0 Å². The smallest absolute Gasteiger partial charge is 0.261 e. The number of carbonyl (C=O) groups excluding carboxylic acids is 1. The van der Waals surface area contributed by atoms with Gasteiger partial charge in [0.25, 0.3) is 5.56 Å². The molecule has 1 aliphatic rings. The van der Waals surface area contributed by atoms with Crippen LogP contribution in [0.15, 0.2) is 50.5 Å². The first-order valence-electron chi connectivity index (χ1n) is 9.18. The summed E-state index contributed by atoms with van der Waals surface area (Å²) in [6.07, 6.45) is 3.57. The molecule has 146 valence electrons. The summed E-state index contributed by atoms with van der Waals surface area (Å²) in [7, 11) is 0. The van der Waals surface area contributed by atoms with Gasteiger partial charge in [0.05, 0.1) is 23.8 Å². The SMILES string of the molecule is O=C(Cn1cnc2ccccc2c1=O)NCc1nc(-c2cc(C3CC3)on2)no1. The highest BCUT2D eigenvalue weighted by atomic mass is 16.5. The first kappa shape index (κ1) is 17.3. The molecule has 0 aliphatic heterocycles. The van der Waals surface area contributed by atoms with E-state index >= 15 is 0 Å². The maximum atomic E-state index is 12.4. The van der Waals surface area contributed by atoms with Gasteiger partial charge in [0.15, 0.2) is 5.69 Å². The zero-order valence-corrected chi connectivity index (χ0v) is 15.2. The van der Waals surface area contributed by atoms with Crippen LogP contribution in [-0.4, -0.2) is 30.8 Å². The van der Waals surface area contributed by atoms with Crippen LogP contribution in [0.2, 0.25) is 0 Å². The van der Waals surface area contributed by atoms with Crippen molar-refractivity contribution in [3.63, 3.8) is 0 Å². The van der Waals surface area contributed by atoms with E-state index in [2.05, 4.69) is 25.6 Å². The van der Waals surface area contributed by atoms with E-state index in [0.717, 1.165) is 18.6 Å². The number of hydrogen-bond donors (Lipinski definition) is 1. The molecule has 1 N–H and O–H groups in total. The van der Waals surface area contributed by atoms with Gasteiger partial charge in [0, 0.05) is 12.0 Å². The van der Waals surface area contributed by atoms with E-state index in [1.807, 2.05) is 6.07 Å². The Labute approximate surface area is 163 Å². The van der Waals surface area contributed by atoms with Gasteiger partial charge in [-0.25, -0.2) is 4.98 Å². The number of nitrogens with one attached hydrogen (secondary N) is 1. The average molecular weight is 392 g/mol. The van der Waals surface area contributed by atoms with E-state index in [-0.39, 0.29) is 30.4 Å². The summed E-state index contributed by atoms with van der Waals surface area (Å²) in [5, 5.41) is 10.9. The van der Waals surface area contributed by atoms with Crippen LogP contribution in [0.25, 0.3) is 22.4 Å². The number of carbonyl (C=O) groups is 1. The maximum Gasteiger partial charge on any atom is 0.261 e. The van der Waals surface area contributed by atoms with Crippen molar-refractivity contribution >= 4 is 16.8 Å². The van der Waals surface area contributed by atoms with Gasteiger partial charge in [-0.05, 0) is 25.0 Å². The highest BCUT2D eigenvalue weighted by molar-refractivity contribution is 5.78. The van der Waals surface area contributed by atoms with Gasteiger partial charge >= 0.3 is 0 Å². The standard InChI is InChI=1S/C19H16N6O4/c26-16(9-25-10-21-13-4-2-1-3-12(13)19(25)27)20-8-17-22-18(24-29-17)14-7-15(28-23-14)11-5-6-11/h1-4,7,10-11H,5-6,8-9H2,(H,20,26). The van der Waals surface area contributed by atoms with Crippen LogP contribution in [0.3, 0.4) is 0 Å². The highest BCUT2D eigenvalue weighted by Crippen LogP contribution is 2.40. The largest absolute Gasteiger partial charge is 0.360 e. The van der Waals surface area contributed by atoms with Crippen LogP contribution in [0.4, 0.5) is 0 Å². The fourth-order valence-electron chi connectivity index (χ4n) is 2.99. The number of nitrogens with zero attached hydrogens (tertiary/aromatic N) is 5. The first-order chi connectivity index (χ1) is 14.2. The second-order valence-electron chi connectivity index (χ2n) is 6.87. The summed E-state index contributed by atoms with van der Waals surface area (Å²) in [5.74, 6) is 1.43. The molecule has 4 aromatic rings. The molecular formula is C19H16N6O4. The monoisotopic (exact) mass is 392 g/mol. The van der Waals surface area contributed by atoms with Crippen LogP contribution in [0.1, 0.15) is 30.4 Å². The van der Waals surface area contributed by atoms with Crippen molar-refractivity contribution in [2.24, 2.45) is 0 Å². The van der Waals surface area contributed by atoms with Crippen molar-refractivity contribution in [1.29, 1.82) is 0 Å². The molecule has 0 atom stereocenters. The number of benzene rings is 1. The minimum atomic E-state index is -0.374. The summed E-state index contributed by atoms with van der Waals surface area (Å²) < 4.78 is 11.7. The third kappa shape index (κ3) is 3.51. The van der Waals surface area contributed by atoms with Gasteiger partial charge in [-0.3, -0.25) is 14.2 Å². The predicted molar refractivity (Wildman–Crippen MR) is 99.6 cm³/mol. The van der Waals surface area contributed by atoms with E-state index in [0.29, 0.717) is 28.3 Å². The third-order valence-electron chi connectivity index (χ3n) is 4.69. The molecule has 1 fully saturated rings. The second kappa shape index (κ2) is 6.97. The van der Waals surface area contributed by atoms with Crippen molar-refractivity contribution in [2.75, 3.05) is 0 Å². The molecule has 3 aromatic heterocycles. The minimum Gasteiger partial charge on any atom is -0.360 e. The molecule has 0 unspecified atom stereocenters. The molecule has 5 rings (SSSR count). The van der Waals surface area contributed by atoms with Gasteiger partial charge < -0.3 is 14.4 Å². The van der Waals surface area contributed by atoms with Crippen LogP contribution in [0, 0.1) is 0 Å². The molecule has 1 aliphatic carbocycles. The van der Waals surface area contributed by atoms with Crippen LogP contribution in [-0.2, 0) is 17.9 Å². The zero-order valence-electron chi connectivity index (χ0n) is 15.2. The van der Waals surface area contributed by atoms with Gasteiger partial charge in [-0.15, -0.1) is 0 Å². The lowest BCUT2D eigenvalue weighted by Crippen LogP contribution is -2.32. The third-order valence-corrected chi connectivity index (χ3v) is 4.69. The number of para-hydroxylation sites is 1. The molecule has 3 heterocycles. The molecule has 10 heteroatoms. The Morgan fingerprint density at radius 1 is 1.21 bits per heavy atom. The molecule has 0 saturated heterocycles. The Kier molecular flexibility index (Phi) is 4.15. The van der Waals surface area contributed by atoms with E-state index in [4.69, 9.17) is 9.05 Å². The van der Waals surface area contributed by atoms with Gasteiger partial charge in [-0.2, -0.15) is 4.98 Å². The molecular weight excluding hydrogens is 376 g/mol. The summed E-state index contributed by atoms with van der Waals surface area (Å²) >= 11 is 0. The molecule has 0 spiro atoms. The van der Waals surface area contributed by atoms with Crippen molar-refractivity contribution in [1.82, 2.24) is 30.2 Å². The maximum absolute atomic E-state index is 12.4. The lowest BCUT2D eigenvalue weighted by molar-refractivity contribution is -0.122. The quantitative estimate of drug-likeness (QED) is 0.524. The van der Waals surface area contributed by atoms with Crippen molar-refractivity contribution in [3.05, 3.63) is 58.7 Å². The van der Waals surface area contributed by atoms with Crippen molar-refractivity contribution in [2.45, 2.75) is 31.8 Å². The lowest BCUT2D eigenvalue weighted by Gasteiger charge is -2.06. The van der Waals surface area contributed by atoms with Crippen molar-refractivity contribution in [3.8, 4) is 11.5 Å². The number of rotatable bonds is 6. The van der Waals surface area contributed by atoms with E-state index < -0.39 is 0 Å². The summed E-state index contributed by atoms with van der Waals surface area (Å²) in [5.41, 5.74) is 0.815. The zero-order chi connectivity index (χ0) is 19.8. The Hall–Kier alpha value is -3.82. The molecule has 0 bridgehead atoms. The van der Waals surface area contributed by atoms with Crippen LogP contribution < -0.4 is 10.9 Å². The topological polar surface area (TPSA) is 129 Å². The van der Waals surface area contributed by atoms with E-state index in [9.17, 15) is 9.59 Å². The second-order valence-corrected chi connectivity index (χ2v) is 6.87. The molecule has 1 aromatic carbocycles. The minimum absolute atomic E-state index is 0.0366. The Balaban J connectivity index is 1.22. The van der Waals surface area contributed by atoms with Gasteiger partial charge in [-0.1, -0.05) is 22.4 Å². The number of amides is 1.